The summed E-state index contributed by atoms with van der Waals surface area (Å²) in [5, 5.41) is 5.67. The molecular weight excluding hydrogens is 236 g/mol. The predicted molar refractivity (Wildman–Crippen MR) is 68.3 cm³/mol. The van der Waals surface area contributed by atoms with Gasteiger partial charge in [0.05, 0.1) is 11.2 Å². The molecule has 0 aliphatic heterocycles. The third-order valence-corrected chi connectivity index (χ3v) is 2.78. The summed E-state index contributed by atoms with van der Waals surface area (Å²) in [4.78, 5) is 3.95. The van der Waals surface area contributed by atoms with Crippen molar-refractivity contribution in [1.82, 2.24) is 14.8 Å². The predicted octanol–water partition coefficient (Wildman–Crippen LogP) is 2.66. The van der Waals surface area contributed by atoms with Gasteiger partial charge in [0.2, 0.25) is 0 Å². The van der Waals surface area contributed by atoms with Crippen LogP contribution in [0.3, 0.4) is 0 Å². The molecule has 1 aromatic carbocycles. The molecule has 0 fully saturated rings. The average Bonchev–Trinajstić information content (AvgIpc) is 2.68. The van der Waals surface area contributed by atoms with E-state index in [1.807, 2.05) is 30.3 Å². The Labute approximate surface area is 103 Å². The number of aromatic nitrogens is 3. The Morgan fingerprint density at radius 3 is 2.82 bits per heavy atom. The molecule has 0 amide bonds. The molecule has 17 heavy (non-hydrogen) atoms. The second-order valence-corrected chi connectivity index (χ2v) is 4.04. The Hall–Kier alpha value is -2.07. The van der Waals surface area contributed by atoms with Crippen LogP contribution in [-0.2, 0) is 0 Å². The maximum Gasteiger partial charge on any atom is 0.153 e. The summed E-state index contributed by atoms with van der Waals surface area (Å²) in [6.07, 6.45) is 1.64. The molecule has 3 rings (SSSR count). The van der Waals surface area contributed by atoms with Gasteiger partial charge in [-0.05, 0) is 18.2 Å². The number of fused-ring (bicyclic) bond motifs is 1. The van der Waals surface area contributed by atoms with E-state index in [1.165, 1.54) is 0 Å². The first-order valence-corrected chi connectivity index (χ1v) is 5.48. The van der Waals surface area contributed by atoms with Crippen molar-refractivity contribution >= 4 is 28.3 Å². The van der Waals surface area contributed by atoms with E-state index in [0.717, 1.165) is 16.6 Å². The van der Waals surface area contributed by atoms with E-state index in [2.05, 4.69) is 10.1 Å². The van der Waals surface area contributed by atoms with Crippen LogP contribution in [-0.4, -0.2) is 14.8 Å². The van der Waals surface area contributed by atoms with E-state index < -0.39 is 0 Å². The smallest absolute Gasteiger partial charge is 0.153 e. The summed E-state index contributed by atoms with van der Waals surface area (Å²) in [5.41, 5.74) is 7.67. The first-order chi connectivity index (χ1) is 8.25. The number of anilines is 1. The molecule has 2 N–H and O–H groups in total. The molecule has 2 heterocycles. The maximum absolute atomic E-state index is 5.87. The summed E-state index contributed by atoms with van der Waals surface area (Å²) < 4.78 is 1.76. The molecular formula is C12H9ClN4. The molecule has 0 unspecified atom stereocenters. The number of benzene rings is 1. The number of nitrogen functional groups attached to an aromatic ring is 1. The zero-order chi connectivity index (χ0) is 11.8. The first kappa shape index (κ1) is 10.1. The van der Waals surface area contributed by atoms with Gasteiger partial charge in [-0.25, -0.2) is 9.67 Å². The molecule has 0 saturated carbocycles. The van der Waals surface area contributed by atoms with E-state index in [-0.39, 0.29) is 0 Å². The fourth-order valence-electron chi connectivity index (χ4n) is 1.81. The van der Waals surface area contributed by atoms with Crippen LogP contribution in [0.25, 0.3) is 16.6 Å². The molecule has 0 saturated heterocycles. The van der Waals surface area contributed by atoms with Crippen molar-refractivity contribution in [3.05, 3.63) is 47.7 Å². The van der Waals surface area contributed by atoms with Crippen LogP contribution in [0.15, 0.2) is 42.6 Å². The Morgan fingerprint density at radius 2 is 2.00 bits per heavy atom. The van der Waals surface area contributed by atoms with Crippen molar-refractivity contribution in [2.75, 3.05) is 5.73 Å². The van der Waals surface area contributed by atoms with Gasteiger partial charge in [-0.15, -0.1) is 5.10 Å². The van der Waals surface area contributed by atoms with Crippen molar-refractivity contribution in [2.24, 2.45) is 0 Å². The number of pyridine rings is 1. The number of nitrogens with two attached hydrogens (primary N) is 1. The van der Waals surface area contributed by atoms with Gasteiger partial charge >= 0.3 is 0 Å². The zero-order valence-corrected chi connectivity index (χ0v) is 9.59. The van der Waals surface area contributed by atoms with Gasteiger partial charge in [0.25, 0.3) is 0 Å². The molecule has 0 atom stereocenters. The van der Waals surface area contributed by atoms with Gasteiger partial charge < -0.3 is 5.73 Å². The quantitative estimate of drug-likeness (QED) is 0.670. The lowest BCUT2D eigenvalue weighted by atomic mass is 10.2. The van der Waals surface area contributed by atoms with Crippen molar-refractivity contribution in [1.29, 1.82) is 0 Å². The number of hydrogen-bond acceptors (Lipinski definition) is 3. The van der Waals surface area contributed by atoms with E-state index in [0.29, 0.717) is 11.0 Å². The fourth-order valence-corrected chi connectivity index (χ4v) is 1.98. The lowest BCUT2D eigenvalue weighted by Crippen LogP contribution is -1.97. The Kier molecular flexibility index (Phi) is 2.23. The topological polar surface area (TPSA) is 56.7 Å². The minimum Gasteiger partial charge on any atom is -0.382 e. The number of rotatable bonds is 1. The van der Waals surface area contributed by atoms with Gasteiger partial charge in [-0.3, -0.25) is 0 Å². The first-order valence-electron chi connectivity index (χ1n) is 5.11. The Morgan fingerprint density at radius 1 is 1.18 bits per heavy atom. The monoisotopic (exact) mass is 244 g/mol. The fraction of sp³-hybridized carbons (Fsp3) is 0. The van der Waals surface area contributed by atoms with Crippen molar-refractivity contribution in [3.8, 4) is 5.69 Å². The van der Waals surface area contributed by atoms with Crippen molar-refractivity contribution in [3.63, 3.8) is 0 Å². The molecule has 0 spiro atoms. The second kappa shape index (κ2) is 3.75. The number of nitrogens with zero attached hydrogens (tertiary/aromatic N) is 3. The minimum atomic E-state index is 0.431. The summed E-state index contributed by atoms with van der Waals surface area (Å²) >= 11 is 5.87. The van der Waals surface area contributed by atoms with Crippen LogP contribution < -0.4 is 5.73 Å². The molecule has 2 aromatic heterocycles. The van der Waals surface area contributed by atoms with Gasteiger partial charge in [0.15, 0.2) is 5.82 Å². The zero-order valence-electron chi connectivity index (χ0n) is 8.84. The number of para-hydroxylation sites is 1. The van der Waals surface area contributed by atoms with Gasteiger partial charge in [0, 0.05) is 17.6 Å². The Bertz CT molecular complexity index is 690. The highest BCUT2D eigenvalue weighted by Gasteiger charge is 2.08. The molecule has 0 radical (unpaired) electrons. The largest absolute Gasteiger partial charge is 0.382 e. The van der Waals surface area contributed by atoms with Crippen LogP contribution >= 0.6 is 11.6 Å². The van der Waals surface area contributed by atoms with Gasteiger partial charge in [-0.1, -0.05) is 23.7 Å². The highest BCUT2D eigenvalue weighted by atomic mass is 35.5. The van der Waals surface area contributed by atoms with Crippen LogP contribution in [0.2, 0.25) is 5.15 Å². The van der Waals surface area contributed by atoms with Crippen LogP contribution in [0.4, 0.5) is 5.82 Å². The van der Waals surface area contributed by atoms with E-state index in [4.69, 9.17) is 17.3 Å². The van der Waals surface area contributed by atoms with Gasteiger partial charge in [-0.2, -0.15) is 0 Å². The molecule has 5 heteroatoms. The third kappa shape index (κ3) is 1.62. The lowest BCUT2D eigenvalue weighted by Gasteiger charge is -2.02. The van der Waals surface area contributed by atoms with Crippen molar-refractivity contribution in [2.45, 2.75) is 0 Å². The van der Waals surface area contributed by atoms with Gasteiger partial charge in [0.1, 0.15) is 5.15 Å². The number of halogens is 1. The molecule has 4 nitrogen and oxygen atoms in total. The highest BCUT2D eigenvalue weighted by Crippen LogP contribution is 2.23. The van der Waals surface area contributed by atoms with E-state index in [9.17, 15) is 0 Å². The standard InChI is InChI=1S/C12H9ClN4/c13-11-7-8(5-6-15-11)17-10-4-2-1-3-9(10)12(14)16-17/h1-7H,(H2,14,16). The molecule has 84 valence electrons. The Balaban J connectivity index is 2.31. The van der Waals surface area contributed by atoms with Crippen LogP contribution in [0, 0.1) is 0 Å². The minimum absolute atomic E-state index is 0.431. The third-order valence-electron chi connectivity index (χ3n) is 2.57. The summed E-state index contributed by atoms with van der Waals surface area (Å²) in [6.45, 7) is 0. The van der Waals surface area contributed by atoms with Crippen LogP contribution in [0.1, 0.15) is 0 Å². The summed E-state index contributed by atoms with van der Waals surface area (Å²) in [6, 6.07) is 11.4. The second-order valence-electron chi connectivity index (χ2n) is 3.65. The summed E-state index contributed by atoms with van der Waals surface area (Å²) in [5.74, 6) is 0.508. The molecule has 0 aliphatic rings. The lowest BCUT2D eigenvalue weighted by molar-refractivity contribution is 0.913. The normalized spacial score (nSPS) is 10.9. The molecule has 3 aromatic rings. The van der Waals surface area contributed by atoms with Crippen molar-refractivity contribution < 1.29 is 0 Å². The number of hydrogen-bond donors (Lipinski definition) is 1. The maximum atomic E-state index is 5.87. The van der Waals surface area contributed by atoms with E-state index >= 15 is 0 Å². The van der Waals surface area contributed by atoms with Crippen LogP contribution in [0.5, 0.6) is 0 Å². The highest BCUT2D eigenvalue weighted by molar-refractivity contribution is 6.29. The van der Waals surface area contributed by atoms with E-state index in [1.54, 1.807) is 16.9 Å². The summed E-state index contributed by atoms with van der Waals surface area (Å²) in [7, 11) is 0. The average molecular weight is 245 g/mol. The molecule has 0 bridgehead atoms. The molecule has 0 aliphatic carbocycles. The SMILES string of the molecule is Nc1nn(-c2ccnc(Cl)c2)c2ccccc12.